The van der Waals surface area contributed by atoms with Crippen LogP contribution in [-0.2, 0) is 0 Å². The van der Waals surface area contributed by atoms with Crippen LogP contribution in [0, 0.1) is 0 Å². The van der Waals surface area contributed by atoms with Gasteiger partial charge in [0.1, 0.15) is 11.2 Å². The minimum absolute atomic E-state index is 0.894. The van der Waals surface area contributed by atoms with Crippen molar-refractivity contribution in [1.29, 1.82) is 0 Å². The number of para-hydroxylation sites is 1. The average molecular weight is 720 g/mol. The first-order valence-corrected chi connectivity index (χ1v) is 19.5. The van der Waals surface area contributed by atoms with Gasteiger partial charge < -0.3 is 9.32 Å². The van der Waals surface area contributed by atoms with Gasteiger partial charge in [-0.1, -0.05) is 146 Å². The lowest BCUT2D eigenvalue weighted by molar-refractivity contribution is 0.669. The van der Waals surface area contributed by atoms with E-state index < -0.39 is 0 Å². The third-order valence-corrected chi connectivity index (χ3v) is 12.1. The summed E-state index contributed by atoms with van der Waals surface area (Å²) in [6, 6.07) is 72.4. The predicted molar refractivity (Wildman–Crippen MR) is 235 cm³/mol. The highest BCUT2D eigenvalue weighted by atomic mass is 32.1. The van der Waals surface area contributed by atoms with E-state index in [1.54, 1.807) is 0 Å². The number of benzene rings is 9. The first kappa shape index (κ1) is 31.6. The topological polar surface area (TPSA) is 16.4 Å². The summed E-state index contributed by atoms with van der Waals surface area (Å²) in [4.78, 5) is 2.48. The summed E-state index contributed by atoms with van der Waals surface area (Å²) in [7, 11) is 0. The van der Waals surface area contributed by atoms with Gasteiger partial charge in [0.25, 0.3) is 0 Å². The van der Waals surface area contributed by atoms with Crippen LogP contribution < -0.4 is 4.90 Å². The fourth-order valence-electron chi connectivity index (χ4n) is 8.17. The Hall–Kier alpha value is -6.94. The van der Waals surface area contributed by atoms with Gasteiger partial charge in [-0.25, -0.2) is 0 Å². The summed E-state index contributed by atoms with van der Waals surface area (Å²) < 4.78 is 8.89. The van der Waals surface area contributed by atoms with Gasteiger partial charge in [-0.15, -0.1) is 11.3 Å². The molecule has 0 aliphatic heterocycles. The smallest absolute Gasteiger partial charge is 0.136 e. The molecule has 0 N–H and O–H groups in total. The molecule has 55 heavy (non-hydrogen) atoms. The average Bonchev–Trinajstić information content (AvgIpc) is 3.83. The number of hydrogen-bond acceptors (Lipinski definition) is 3. The van der Waals surface area contributed by atoms with E-state index in [1.165, 1.54) is 47.6 Å². The van der Waals surface area contributed by atoms with Crippen molar-refractivity contribution in [3.63, 3.8) is 0 Å². The van der Waals surface area contributed by atoms with Crippen molar-refractivity contribution in [3.05, 3.63) is 200 Å². The summed E-state index contributed by atoms with van der Waals surface area (Å²) in [6.07, 6.45) is 0. The highest BCUT2D eigenvalue weighted by Crippen LogP contribution is 2.48. The van der Waals surface area contributed by atoms with Crippen LogP contribution in [0.1, 0.15) is 0 Å². The molecule has 0 amide bonds. The maximum atomic E-state index is 6.35. The standard InChI is InChI=1S/C52H33NOS/c1-2-13-35(14-3-1)42-28-26-39(38-25-24-34-12-4-5-15-36(34)30-38)32-48(42)53(47-21-11-20-46-45-19-7-9-23-51(45)55-52(46)47)41-17-10-16-37(31-41)40-27-29-44-43-18-6-8-22-49(43)54-50(44)33-40/h1-33H. The Bertz CT molecular complexity index is 3230. The Morgan fingerprint density at radius 2 is 1.02 bits per heavy atom. The molecule has 0 aliphatic rings. The number of rotatable bonds is 6. The van der Waals surface area contributed by atoms with Gasteiger partial charge in [-0.3, -0.25) is 0 Å². The van der Waals surface area contributed by atoms with Crippen molar-refractivity contribution < 1.29 is 4.42 Å². The van der Waals surface area contributed by atoms with Crippen LogP contribution in [0.15, 0.2) is 205 Å². The summed E-state index contributed by atoms with van der Waals surface area (Å²) in [6.45, 7) is 0. The summed E-state index contributed by atoms with van der Waals surface area (Å²) in [5.74, 6) is 0. The van der Waals surface area contributed by atoms with Crippen molar-refractivity contribution >= 4 is 81.3 Å². The molecule has 3 heteroatoms. The SMILES string of the molecule is c1ccc(-c2ccc(-c3ccc4ccccc4c3)cc2N(c2cccc(-c3ccc4c(c3)oc3ccccc34)c2)c2cccc3c2sc2ccccc23)cc1. The zero-order chi connectivity index (χ0) is 36.3. The van der Waals surface area contributed by atoms with E-state index in [1.807, 2.05) is 23.5 Å². The molecule has 0 aliphatic carbocycles. The molecular weight excluding hydrogens is 687 g/mol. The highest BCUT2D eigenvalue weighted by molar-refractivity contribution is 7.26. The highest BCUT2D eigenvalue weighted by Gasteiger charge is 2.22. The van der Waals surface area contributed by atoms with E-state index in [0.29, 0.717) is 0 Å². The number of hydrogen-bond donors (Lipinski definition) is 0. The number of anilines is 3. The fraction of sp³-hybridized carbons (Fsp3) is 0. The van der Waals surface area contributed by atoms with E-state index in [9.17, 15) is 0 Å². The number of nitrogens with zero attached hydrogens (tertiary/aromatic N) is 1. The molecule has 0 fully saturated rings. The molecule has 0 radical (unpaired) electrons. The van der Waals surface area contributed by atoms with E-state index in [0.717, 1.165) is 55.7 Å². The molecule has 0 unspecified atom stereocenters. The van der Waals surface area contributed by atoms with Crippen molar-refractivity contribution in [3.8, 4) is 33.4 Å². The van der Waals surface area contributed by atoms with E-state index in [4.69, 9.17) is 4.42 Å². The number of furan rings is 1. The molecule has 11 rings (SSSR count). The second-order valence-corrected chi connectivity index (χ2v) is 15.2. The monoisotopic (exact) mass is 719 g/mol. The van der Waals surface area contributed by atoms with Gasteiger partial charge in [0.05, 0.1) is 16.1 Å². The number of thiophene rings is 1. The minimum atomic E-state index is 0.894. The molecule has 0 saturated carbocycles. The Morgan fingerprint density at radius 1 is 0.364 bits per heavy atom. The molecule has 0 saturated heterocycles. The van der Waals surface area contributed by atoms with Gasteiger partial charge in [0, 0.05) is 37.5 Å². The fourth-order valence-corrected chi connectivity index (χ4v) is 9.38. The molecule has 9 aromatic carbocycles. The molecule has 2 heterocycles. The third-order valence-electron chi connectivity index (χ3n) is 10.8. The molecule has 0 bridgehead atoms. The van der Waals surface area contributed by atoms with E-state index >= 15 is 0 Å². The summed E-state index contributed by atoms with van der Waals surface area (Å²) in [5.41, 5.74) is 12.1. The normalized spacial score (nSPS) is 11.6. The molecule has 11 aromatic rings. The van der Waals surface area contributed by atoms with Crippen LogP contribution in [0.3, 0.4) is 0 Å². The first-order chi connectivity index (χ1) is 27.2. The van der Waals surface area contributed by atoms with Gasteiger partial charge in [0.2, 0.25) is 0 Å². The lowest BCUT2D eigenvalue weighted by Crippen LogP contribution is -2.12. The molecule has 2 nitrogen and oxygen atoms in total. The van der Waals surface area contributed by atoms with Crippen LogP contribution >= 0.6 is 11.3 Å². The predicted octanol–water partition coefficient (Wildman–Crippen LogP) is 15.6. The summed E-state index contributed by atoms with van der Waals surface area (Å²) in [5, 5.41) is 7.29. The van der Waals surface area contributed by atoms with Gasteiger partial charge in [-0.05, 0) is 93.2 Å². The van der Waals surface area contributed by atoms with Crippen molar-refractivity contribution in [2.24, 2.45) is 0 Å². The van der Waals surface area contributed by atoms with Crippen LogP contribution in [0.2, 0.25) is 0 Å². The molecule has 2 aromatic heterocycles. The molecular formula is C52H33NOS. The van der Waals surface area contributed by atoms with Crippen LogP contribution in [0.5, 0.6) is 0 Å². The Labute approximate surface area is 322 Å². The van der Waals surface area contributed by atoms with Crippen molar-refractivity contribution in [2.45, 2.75) is 0 Å². The van der Waals surface area contributed by atoms with Crippen LogP contribution in [0.25, 0.3) is 86.3 Å². The van der Waals surface area contributed by atoms with Crippen LogP contribution in [0.4, 0.5) is 17.1 Å². The molecule has 0 spiro atoms. The zero-order valence-corrected chi connectivity index (χ0v) is 30.6. The van der Waals surface area contributed by atoms with Crippen LogP contribution in [-0.4, -0.2) is 0 Å². The lowest BCUT2D eigenvalue weighted by Gasteiger charge is -2.29. The molecule has 258 valence electrons. The number of fused-ring (bicyclic) bond motifs is 7. The van der Waals surface area contributed by atoms with Gasteiger partial charge in [-0.2, -0.15) is 0 Å². The minimum Gasteiger partial charge on any atom is -0.456 e. The van der Waals surface area contributed by atoms with E-state index in [2.05, 4.69) is 193 Å². The second kappa shape index (κ2) is 12.9. The van der Waals surface area contributed by atoms with E-state index in [-0.39, 0.29) is 0 Å². The third kappa shape index (κ3) is 5.40. The largest absolute Gasteiger partial charge is 0.456 e. The summed E-state index contributed by atoms with van der Waals surface area (Å²) >= 11 is 1.86. The molecule has 0 atom stereocenters. The first-order valence-electron chi connectivity index (χ1n) is 18.7. The second-order valence-electron chi connectivity index (χ2n) is 14.1. The maximum absolute atomic E-state index is 6.35. The lowest BCUT2D eigenvalue weighted by atomic mass is 9.95. The maximum Gasteiger partial charge on any atom is 0.136 e. The van der Waals surface area contributed by atoms with Gasteiger partial charge >= 0.3 is 0 Å². The van der Waals surface area contributed by atoms with Gasteiger partial charge in [0.15, 0.2) is 0 Å². The quantitative estimate of drug-likeness (QED) is 0.170. The Balaban J connectivity index is 1.16. The Morgan fingerprint density at radius 3 is 1.95 bits per heavy atom. The van der Waals surface area contributed by atoms with Crippen molar-refractivity contribution in [2.75, 3.05) is 4.90 Å². The Kier molecular flexibility index (Phi) is 7.39. The van der Waals surface area contributed by atoms with Crippen molar-refractivity contribution in [1.82, 2.24) is 0 Å². The zero-order valence-electron chi connectivity index (χ0n) is 29.8.